The van der Waals surface area contributed by atoms with E-state index in [1.54, 1.807) is 6.07 Å². The van der Waals surface area contributed by atoms with E-state index in [1.165, 1.54) is 11.8 Å². The highest BCUT2D eigenvalue weighted by Crippen LogP contribution is 2.29. The van der Waals surface area contributed by atoms with Crippen LogP contribution in [0.3, 0.4) is 0 Å². The van der Waals surface area contributed by atoms with Crippen LogP contribution in [0.1, 0.15) is 11.1 Å². The Hall–Kier alpha value is -3.05. The second kappa shape index (κ2) is 7.68. The van der Waals surface area contributed by atoms with Gasteiger partial charge in [-0.2, -0.15) is 0 Å². The summed E-state index contributed by atoms with van der Waals surface area (Å²) in [6.45, 7) is 0.542. The Kier molecular flexibility index (Phi) is 4.94. The highest BCUT2D eigenvalue weighted by atomic mass is 32.2. The normalized spacial score (nSPS) is 11.9. The number of nitrogens with zero attached hydrogens (tertiary/aromatic N) is 1. The zero-order valence-corrected chi connectivity index (χ0v) is 15.4. The zero-order valence-electron chi connectivity index (χ0n) is 14.6. The fourth-order valence-electron chi connectivity index (χ4n) is 3.08. The van der Waals surface area contributed by atoms with Gasteiger partial charge in [0.1, 0.15) is 5.58 Å². The Morgan fingerprint density at radius 2 is 1.78 bits per heavy atom. The Bertz CT molecular complexity index is 1180. The summed E-state index contributed by atoms with van der Waals surface area (Å²) >= 11 is 1.43. The molecular formula is C22H18N2O2S. The summed E-state index contributed by atoms with van der Waals surface area (Å²) in [4.78, 5) is 16.4. The van der Waals surface area contributed by atoms with Gasteiger partial charge in [-0.05, 0) is 28.0 Å². The maximum atomic E-state index is 12.0. The van der Waals surface area contributed by atoms with E-state index in [4.69, 9.17) is 10.2 Å². The fraction of sp³-hybridized carbons (Fsp3) is 0.0909. The number of hydrogen-bond donors (Lipinski definition) is 1. The van der Waals surface area contributed by atoms with Crippen molar-refractivity contribution in [2.24, 2.45) is 10.7 Å². The van der Waals surface area contributed by atoms with Crippen molar-refractivity contribution < 1.29 is 4.42 Å². The SMILES string of the molecule is NC(=NCc1ccccc1)SCc1cc(=O)oc2ccc3ccccc3c12. The zero-order chi connectivity index (χ0) is 18.6. The van der Waals surface area contributed by atoms with Crippen LogP contribution in [0.15, 0.2) is 87.0 Å². The molecule has 0 unspecified atom stereocenters. The summed E-state index contributed by atoms with van der Waals surface area (Å²) in [5.74, 6) is 0.556. The summed E-state index contributed by atoms with van der Waals surface area (Å²) < 4.78 is 5.40. The predicted octanol–water partition coefficient (Wildman–Crippen LogP) is 4.69. The topological polar surface area (TPSA) is 68.6 Å². The van der Waals surface area contributed by atoms with Crippen molar-refractivity contribution in [2.45, 2.75) is 12.3 Å². The number of nitrogens with two attached hydrogens (primary N) is 1. The Morgan fingerprint density at radius 1 is 1.00 bits per heavy atom. The van der Waals surface area contributed by atoms with E-state index in [0.29, 0.717) is 23.0 Å². The molecule has 27 heavy (non-hydrogen) atoms. The summed E-state index contributed by atoms with van der Waals surface area (Å²) in [5.41, 5.74) is 8.33. The summed E-state index contributed by atoms with van der Waals surface area (Å²) in [6, 6.07) is 23.4. The van der Waals surface area contributed by atoms with E-state index in [1.807, 2.05) is 66.7 Å². The third-order valence-corrected chi connectivity index (χ3v) is 5.23. The average Bonchev–Trinajstić information content (AvgIpc) is 2.70. The molecule has 0 fully saturated rings. The van der Waals surface area contributed by atoms with Gasteiger partial charge in [0.2, 0.25) is 0 Å². The lowest BCUT2D eigenvalue weighted by Gasteiger charge is -2.08. The number of aliphatic imine (C=N–C) groups is 1. The van der Waals surface area contributed by atoms with Gasteiger partial charge in [-0.3, -0.25) is 4.99 Å². The van der Waals surface area contributed by atoms with E-state index in [2.05, 4.69) is 4.99 Å². The van der Waals surface area contributed by atoms with Gasteiger partial charge in [-0.1, -0.05) is 72.4 Å². The molecule has 0 aliphatic rings. The predicted molar refractivity (Wildman–Crippen MR) is 113 cm³/mol. The van der Waals surface area contributed by atoms with Crippen LogP contribution in [0, 0.1) is 0 Å². The molecule has 4 rings (SSSR count). The highest BCUT2D eigenvalue weighted by molar-refractivity contribution is 8.13. The van der Waals surface area contributed by atoms with E-state index < -0.39 is 0 Å². The first-order chi connectivity index (χ1) is 13.2. The summed E-state index contributed by atoms with van der Waals surface area (Å²) in [7, 11) is 0. The van der Waals surface area contributed by atoms with E-state index in [-0.39, 0.29) is 5.63 Å². The molecule has 0 aliphatic heterocycles. The quantitative estimate of drug-likeness (QED) is 0.243. The van der Waals surface area contributed by atoms with Gasteiger partial charge in [-0.25, -0.2) is 4.79 Å². The second-order valence-electron chi connectivity index (χ2n) is 6.18. The molecule has 0 saturated carbocycles. The molecule has 0 aliphatic carbocycles. The number of thioether (sulfide) groups is 1. The minimum Gasteiger partial charge on any atom is -0.423 e. The van der Waals surface area contributed by atoms with Gasteiger partial charge < -0.3 is 10.2 Å². The second-order valence-corrected chi connectivity index (χ2v) is 7.17. The van der Waals surface area contributed by atoms with Crippen LogP contribution in [0.4, 0.5) is 0 Å². The van der Waals surface area contributed by atoms with E-state index in [9.17, 15) is 4.79 Å². The molecular weight excluding hydrogens is 356 g/mol. The molecule has 0 amide bonds. The summed E-state index contributed by atoms with van der Waals surface area (Å²) in [5, 5.41) is 3.63. The Labute approximate surface area is 160 Å². The van der Waals surface area contributed by atoms with E-state index in [0.717, 1.165) is 27.3 Å². The van der Waals surface area contributed by atoms with Gasteiger partial charge in [0.15, 0.2) is 5.17 Å². The van der Waals surface area contributed by atoms with Crippen molar-refractivity contribution in [1.29, 1.82) is 0 Å². The van der Waals surface area contributed by atoms with Crippen molar-refractivity contribution in [2.75, 3.05) is 0 Å². The van der Waals surface area contributed by atoms with Crippen LogP contribution < -0.4 is 11.4 Å². The van der Waals surface area contributed by atoms with Gasteiger partial charge in [0.25, 0.3) is 0 Å². The molecule has 5 heteroatoms. The Morgan fingerprint density at radius 3 is 2.63 bits per heavy atom. The smallest absolute Gasteiger partial charge is 0.336 e. The van der Waals surface area contributed by atoms with Gasteiger partial charge in [0, 0.05) is 17.2 Å². The molecule has 3 aromatic carbocycles. The highest BCUT2D eigenvalue weighted by Gasteiger charge is 2.10. The number of hydrogen-bond acceptors (Lipinski definition) is 4. The summed E-state index contributed by atoms with van der Waals surface area (Å²) in [6.07, 6.45) is 0. The first-order valence-corrected chi connectivity index (χ1v) is 9.60. The third kappa shape index (κ3) is 3.88. The van der Waals surface area contributed by atoms with Crippen LogP contribution in [-0.4, -0.2) is 5.17 Å². The molecule has 1 aromatic heterocycles. The number of rotatable bonds is 4. The van der Waals surface area contributed by atoms with Crippen LogP contribution in [0.5, 0.6) is 0 Å². The first-order valence-electron chi connectivity index (χ1n) is 8.62. The average molecular weight is 374 g/mol. The van der Waals surface area contributed by atoms with Crippen molar-refractivity contribution >= 4 is 38.7 Å². The van der Waals surface area contributed by atoms with Crippen LogP contribution in [0.25, 0.3) is 21.7 Å². The molecule has 134 valence electrons. The third-order valence-electron chi connectivity index (χ3n) is 4.35. The van der Waals surface area contributed by atoms with E-state index >= 15 is 0 Å². The molecule has 2 N–H and O–H groups in total. The van der Waals surface area contributed by atoms with Crippen LogP contribution >= 0.6 is 11.8 Å². The van der Waals surface area contributed by atoms with Crippen molar-refractivity contribution in [3.8, 4) is 0 Å². The molecule has 0 spiro atoms. The number of amidine groups is 1. The standard InChI is InChI=1S/C22H18N2O2S/c23-22(24-13-15-6-2-1-3-7-15)27-14-17-12-20(25)26-19-11-10-16-8-4-5-9-18(16)21(17)19/h1-12H,13-14H2,(H2,23,24). The maximum absolute atomic E-state index is 12.0. The molecule has 0 radical (unpaired) electrons. The van der Waals surface area contributed by atoms with Crippen molar-refractivity contribution in [3.05, 3.63) is 94.3 Å². The monoisotopic (exact) mass is 374 g/mol. The number of fused-ring (bicyclic) bond motifs is 3. The van der Waals surface area contributed by atoms with Gasteiger partial charge >= 0.3 is 5.63 Å². The lowest BCUT2D eigenvalue weighted by Crippen LogP contribution is -2.08. The minimum absolute atomic E-state index is 0.354. The number of benzene rings is 3. The van der Waals surface area contributed by atoms with Crippen LogP contribution in [-0.2, 0) is 12.3 Å². The van der Waals surface area contributed by atoms with Gasteiger partial charge in [-0.15, -0.1) is 0 Å². The molecule has 1 heterocycles. The molecule has 0 bridgehead atoms. The van der Waals surface area contributed by atoms with Crippen molar-refractivity contribution in [3.63, 3.8) is 0 Å². The molecule has 4 nitrogen and oxygen atoms in total. The lowest BCUT2D eigenvalue weighted by molar-refractivity contribution is 0.560. The maximum Gasteiger partial charge on any atom is 0.336 e. The minimum atomic E-state index is -0.354. The molecule has 0 saturated heterocycles. The molecule has 4 aromatic rings. The fourth-order valence-corrected chi connectivity index (χ4v) is 3.77. The largest absolute Gasteiger partial charge is 0.423 e. The van der Waals surface area contributed by atoms with Gasteiger partial charge in [0.05, 0.1) is 6.54 Å². The van der Waals surface area contributed by atoms with Crippen molar-refractivity contribution in [1.82, 2.24) is 0 Å². The van der Waals surface area contributed by atoms with Crippen LogP contribution in [0.2, 0.25) is 0 Å². The lowest BCUT2D eigenvalue weighted by atomic mass is 10.0. The first kappa shape index (κ1) is 17.4. The molecule has 0 atom stereocenters. The Balaban J connectivity index is 1.63.